The van der Waals surface area contributed by atoms with Crippen molar-refractivity contribution in [2.45, 2.75) is 65.8 Å². The molecule has 1 aromatic heterocycles. The molecule has 1 heterocycles. The minimum atomic E-state index is 0.409. The molecule has 1 aromatic carbocycles. The maximum atomic E-state index is 4.96. The first-order valence-corrected chi connectivity index (χ1v) is 8.22. The summed E-state index contributed by atoms with van der Waals surface area (Å²) in [6.45, 7) is 11.2. The Hall–Kier alpha value is -1.57. The Labute approximate surface area is 129 Å². The maximum Gasteiger partial charge on any atom is 0.0731 e. The number of unbranched alkanes of at least 4 members (excludes halogenated alkanes) is 1. The van der Waals surface area contributed by atoms with E-state index < -0.39 is 0 Å². The van der Waals surface area contributed by atoms with E-state index in [1.54, 1.807) is 0 Å². The van der Waals surface area contributed by atoms with Gasteiger partial charge in [0.25, 0.3) is 0 Å². The highest BCUT2D eigenvalue weighted by Crippen LogP contribution is 2.34. The monoisotopic (exact) mass is 284 g/mol. The van der Waals surface area contributed by atoms with Crippen molar-refractivity contribution in [3.63, 3.8) is 0 Å². The fourth-order valence-electron chi connectivity index (χ4n) is 2.82. The average Bonchev–Trinajstić information content (AvgIpc) is 2.85. The molecule has 2 heteroatoms. The van der Waals surface area contributed by atoms with E-state index in [0.717, 1.165) is 6.42 Å². The summed E-state index contributed by atoms with van der Waals surface area (Å²) in [4.78, 5) is 0. The van der Waals surface area contributed by atoms with Crippen LogP contribution in [-0.4, -0.2) is 9.78 Å². The Morgan fingerprint density at radius 2 is 1.71 bits per heavy atom. The molecule has 0 bridgehead atoms. The smallest absolute Gasteiger partial charge is 0.0731 e. The van der Waals surface area contributed by atoms with Gasteiger partial charge in [-0.15, -0.1) is 0 Å². The molecule has 0 radical (unpaired) electrons. The van der Waals surface area contributed by atoms with Gasteiger partial charge in [0.05, 0.1) is 5.69 Å². The molecule has 114 valence electrons. The van der Waals surface area contributed by atoms with Crippen molar-refractivity contribution in [3.8, 4) is 11.1 Å². The minimum absolute atomic E-state index is 0.409. The predicted molar refractivity (Wildman–Crippen MR) is 90.7 cm³/mol. The van der Waals surface area contributed by atoms with E-state index >= 15 is 0 Å². The molecule has 0 saturated heterocycles. The SMILES string of the molecule is CCCCc1c(-c2ccccc2)c(C(C)C)nn1C(C)C. The van der Waals surface area contributed by atoms with Crippen LogP contribution >= 0.6 is 0 Å². The van der Waals surface area contributed by atoms with Crippen molar-refractivity contribution < 1.29 is 0 Å². The normalized spacial score (nSPS) is 11.6. The molecule has 0 spiro atoms. The van der Waals surface area contributed by atoms with Gasteiger partial charge in [0.1, 0.15) is 0 Å². The van der Waals surface area contributed by atoms with Crippen molar-refractivity contribution in [1.82, 2.24) is 9.78 Å². The molecule has 0 unspecified atom stereocenters. The van der Waals surface area contributed by atoms with Crippen LogP contribution in [0.2, 0.25) is 0 Å². The highest BCUT2D eigenvalue weighted by atomic mass is 15.3. The van der Waals surface area contributed by atoms with Crippen LogP contribution in [-0.2, 0) is 6.42 Å². The molecule has 0 aliphatic heterocycles. The van der Waals surface area contributed by atoms with Gasteiger partial charge in [-0.2, -0.15) is 5.10 Å². The van der Waals surface area contributed by atoms with Gasteiger partial charge < -0.3 is 0 Å². The molecule has 0 aliphatic carbocycles. The Balaban J connectivity index is 2.62. The van der Waals surface area contributed by atoms with Crippen LogP contribution < -0.4 is 0 Å². The summed E-state index contributed by atoms with van der Waals surface area (Å²) >= 11 is 0. The summed E-state index contributed by atoms with van der Waals surface area (Å²) in [6.07, 6.45) is 3.54. The fraction of sp³-hybridized carbons (Fsp3) is 0.526. The zero-order valence-electron chi connectivity index (χ0n) is 14.1. The van der Waals surface area contributed by atoms with Crippen LogP contribution in [0.1, 0.15) is 70.8 Å². The first-order chi connectivity index (χ1) is 10.1. The van der Waals surface area contributed by atoms with Crippen LogP contribution in [0.3, 0.4) is 0 Å². The largest absolute Gasteiger partial charge is 0.266 e. The van der Waals surface area contributed by atoms with Crippen molar-refractivity contribution in [3.05, 3.63) is 41.7 Å². The van der Waals surface area contributed by atoms with E-state index in [1.807, 2.05) is 0 Å². The van der Waals surface area contributed by atoms with Crippen LogP contribution in [0.25, 0.3) is 11.1 Å². The Kier molecular flexibility index (Phi) is 5.22. The van der Waals surface area contributed by atoms with Gasteiger partial charge in [-0.1, -0.05) is 57.5 Å². The second-order valence-corrected chi connectivity index (χ2v) is 6.37. The zero-order chi connectivity index (χ0) is 15.4. The average molecular weight is 284 g/mol. The topological polar surface area (TPSA) is 17.8 Å². The molecule has 0 saturated carbocycles. The molecule has 0 aliphatic rings. The fourth-order valence-corrected chi connectivity index (χ4v) is 2.82. The van der Waals surface area contributed by atoms with Gasteiger partial charge in [-0.25, -0.2) is 0 Å². The third-order valence-corrected chi connectivity index (χ3v) is 3.90. The number of benzene rings is 1. The van der Waals surface area contributed by atoms with Crippen LogP contribution in [0.15, 0.2) is 30.3 Å². The Morgan fingerprint density at radius 3 is 2.24 bits per heavy atom. The standard InChI is InChI=1S/C19H28N2/c1-6-7-13-17-18(16-11-9-8-10-12-16)19(14(2)3)20-21(17)15(4)5/h8-12,14-15H,6-7,13H2,1-5H3. The quantitative estimate of drug-likeness (QED) is 0.675. The Bertz CT molecular complexity index is 565. The van der Waals surface area contributed by atoms with Crippen LogP contribution in [0.5, 0.6) is 0 Å². The van der Waals surface area contributed by atoms with E-state index in [1.165, 1.54) is 35.4 Å². The summed E-state index contributed by atoms with van der Waals surface area (Å²) in [5.41, 5.74) is 5.31. The van der Waals surface area contributed by atoms with Crippen molar-refractivity contribution in [2.75, 3.05) is 0 Å². The second kappa shape index (κ2) is 6.93. The predicted octanol–water partition coefficient (Wildman–Crippen LogP) is 5.60. The number of hydrogen-bond acceptors (Lipinski definition) is 1. The van der Waals surface area contributed by atoms with Gasteiger partial charge in [0, 0.05) is 17.3 Å². The maximum absolute atomic E-state index is 4.96. The number of aromatic nitrogens is 2. The number of hydrogen-bond donors (Lipinski definition) is 0. The number of nitrogens with zero attached hydrogens (tertiary/aromatic N) is 2. The lowest BCUT2D eigenvalue weighted by atomic mass is 9.95. The number of rotatable bonds is 6. The summed E-state index contributed by atoms with van der Waals surface area (Å²) in [5, 5.41) is 4.96. The Morgan fingerprint density at radius 1 is 1.05 bits per heavy atom. The minimum Gasteiger partial charge on any atom is -0.266 e. The van der Waals surface area contributed by atoms with E-state index in [4.69, 9.17) is 5.10 Å². The summed E-state index contributed by atoms with van der Waals surface area (Å²) in [5.74, 6) is 0.445. The third-order valence-electron chi connectivity index (χ3n) is 3.90. The molecule has 0 amide bonds. The molecule has 0 N–H and O–H groups in total. The van der Waals surface area contributed by atoms with Gasteiger partial charge in [0.15, 0.2) is 0 Å². The van der Waals surface area contributed by atoms with Crippen molar-refractivity contribution in [1.29, 1.82) is 0 Å². The van der Waals surface area contributed by atoms with Crippen molar-refractivity contribution in [2.24, 2.45) is 0 Å². The van der Waals surface area contributed by atoms with Gasteiger partial charge in [0.2, 0.25) is 0 Å². The van der Waals surface area contributed by atoms with E-state index in [9.17, 15) is 0 Å². The molecular formula is C19H28N2. The molecule has 2 rings (SSSR count). The lowest BCUT2D eigenvalue weighted by Gasteiger charge is -2.12. The van der Waals surface area contributed by atoms with Crippen molar-refractivity contribution >= 4 is 0 Å². The lowest BCUT2D eigenvalue weighted by molar-refractivity contribution is 0.497. The van der Waals surface area contributed by atoms with Crippen LogP contribution in [0.4, 0.5) is 0 Å². The molecule has 0 atom stereocenters. The highest BCUT2D eigenvalue weighted by Gasteiger charge is 2.21. The van der Waals surface area contributed by atoms with Crippen LogP contribution in [0, 0.1) is 0 Å². The highest BCUT2D eigenvalue weighted by molar-refractivity contribution is 5.69. The summed E-state index contributed by atoms with van der Waals surface area (Å²) in [6, 6.07) is 11.2. The van der Waals surface area contributed by atoms with E-state index in [2.05, 4.69) is 69.6 Å². The molecule has 0 fully saturated rings. The lowest BCUT2D eigenvalue weighted by Crippen LogP contribution is -2.08. The first kappa shape index (κ1) is 15.8. The second-order valence-electron chi connectivity index (χ2n) is 6.37. The summed E-state index contributed by atoms with van der Waals surface area (Å²) < 4.78 is 2.24. The summed E-state index contributed by atoms with van der Waals surface area (Å²) in [7, 11) is 0. The van der Waals surface area contributed by atoms with Gasteiger partial charge in [-0.3, -0.25) is 4.68 Å². The zero-order valence-corrected chi connectivity index (χ0v) is 14.1. The van der Waals surface area contributed by atoms with E-state index in [0.29, 0.717) is 12.0 Å². The molecular weight excluding hydrogens is 256 g/mol. The third kappa shape index (κ3) is 3.37. The first-order valence-electron chi connectivity index (χ1n) is 8.22. The molecule has 2 nitrogen and oxygen atoms in total. The van der Waals surface area contributed by atoms with E-state index in [-0.39, 0.29) is 0 Å². The van der Waals surface area contributed by atoms with Gasteiger partial charge in [-0.05, 0) is 38.2 Å². The molecule has 2 aromatic rings. The van der Waals surface area contributed by atoms with Gasteiger partial charge >= 0.3 is 0 Å². The molecule has 21 heavy (non-hydrogen) atoms.